The summed E-state index contributed by atoms with van der Waals surface area (Å²) in [4.78, 5) is 12.0. The zero-order valence-corrected chi connectivity index (χ0v) is 10.7. The number of hydrogen-bond acceptors (Lipinski definition) is 1. The van der Waals surface area contributed by atoms with Gasteiger partial charge >= 0.3 is 0 Å². The topological polar surface area (TPSA) is 29.1 Å². The molecule has 2 aromatic carbocycles. The predicted octanol–water partition coefficient (Wildman–Crippen LogP) is 3.30. The molecule has 0 aliphatic rings. The fourth-order valence-electron chi connectivity index (χ4n) is 1.88. The minimum absolute atomic E-state index is 0.124. The molecule has 2 rings (SSSR count). The molecule has 0 fully saturated rings. The molecule has 1 atom stereocenters. The summed E-state index contributed by atoms with van der Waals surface area (Å²) in [6.45, 7) is -1.99. The summed E-state index contributed by atoms with van der Waals surface area (Å²) >= 11 is 0. The van der Waals surface area contributed by atoms with Crippen molar-refractivity contribution >= 4 is 5.91 Å². The summed E-state index contributed by atoms with van der Waals surface area (Å²) in [5.41, 5.74) is 1.49. The zero-order chi connectivity index (χ0) is 16.0. The minimum Gasteiger partial charge on any atom is -0.352 e. The molecule has 0 radical (unpaired) electrons. The van der Waals surface area contributed by atoms with Crippen LogP contribution in [-0.4, -0.2) is 12.5 Å². The summed E-state index contributed by atoms with van der Waals surface area (Å²) in [6.07, 6.45) is 0.409. The first kappa shape index (κ1) is 9.79. The third-order valence-corrected chi connectivity index (χ3v) is 2.87. The number of carbonyl (C=O) groups is 1. The average molecular weight is 256 g/mol. The van der Waals surface area contributed by atoms with Crippen LogP contribution in [0.2, 0.25) is 0 Å². The van der Waals surface area contributed by atoms with Crippen molar-refractivity contribution in [3.8, 4) is 0 Å². The molecule has 0 heterocycles. The van der Waals surface area contributed by atoms with E-state index in [0.717, 1.165) is 5.56 Å². The van der Waals surface area contributed by atoms with Crippen molar-refractivity contribution in [2.24, 2.45) is 5.92 Å². The highest BCUT2D eigenvalue weighted by molar-refractivity contribution is 5.94. The lowest BCUT2D eigenvalue weighted by Gasteiger charge is -2.12. The highest BCUT2D eigenvalue weighted by atomic mass is 16.1. The number of benzene rings is 2. The van der Waals surface area contributed by atoms with Crippen LogP contribution in [0.25, 0.3) is 0 Å². The Balaban J connectivity index is 2.00. The van der Waals surface area contributed by atoms with Gasteiger partial charge in [-0.25, -0.2) is 0 Å². The SMILES string of the molecule is [2H]C([2H])([2H])C(CNC(=O)c1ccccc1)Cc1ccccc1. The van der Waals surface area contributed by atoms with E-state index in [-0.39, 0.29) is 12.5 Å². The first-order valence-corrected chi connectivity index (χ1v) is 6.34. The van der Waals surface area contributed by atoms with Gasteiger partial charge in [0.15, 0.2) is 0 Å². The van der Waals surface area contributed by atoms with E-state index in [9.17, 15) is 4.79 Å². The van der Waals surface area contributed by atoms with Gasteiger partial charge < -0.3 is 5.32 Å². The molecule has 1 unspecified atom stereocenters. The third-order valence-electron chi connectivity index (χ3n) is 2.87. The van der Waals surface area contributed by atoms with E-state index in [1.54, 1.807) is 24.3 Å². The van der Waals surface area contributed by atoms with Gasteiger partial charge in [0.1, 0.15) is 0 Å². The van der Waals surface area contributed by atoms with Crippen molar-refractivity contribution in [1.29, 1.82) is 0 Å². The van der Waals surface area contributed by atoms with Crippen LogP contribution < -0.4 is 5.32 Å². The maximum Gasteiger partial charge on any atom is 0.251 e. The minimum atomic E-state index is -2.11. The number of rotatable bonds is 5. The molecule has 98 valence electrons. The lowest BCUT2D eigenvalue weighted by molar-refractivity contribution is 0.0948. The fraction of sp³-hybridized carbons (Fsp3) is 0.235. The molecule has 0 saturated carbocycles. The lowest BCUT2D eigenvalue weighted by atomic mass is 10.0. The van der Waals surface area contributed by atoms with Crippen LogP contribution in [0.4, 0.5) is 0 Å². The number of nitrogens with one attached hydrogen (secondary N) is 1. The van der Waals surface area contributed by atoms with Crippen molar-refractivity contribution in [2.45, 2.75) is 13.3 Å². The summed E-state index contributed by atoms with van der Waals surface area (Å²) in [6, 6.07) is 18.3. The monoisotopic (exact) mass is 256 g/mol. The molecular weight excluding hydrogens is 234 g/mol. The molecule has 19 heavy (non-hydrogen) atoms. The maximum atomic E-state index is 12.0. The summed E-state index contributed by atoms with van der Waals surface area (Å²) in [5, 5.41) is 2.73. The van der Waals surface area contributed by atoms with Crippen LogP contribution >= 0.6 is 0 Å². The molecule has 0 aromatic heterocycles. The van der Waals surface area contributed by atoms with Crippen LogP contribution in [-0.2, 0) is 6.42 Å². The molecule has 0 bridgehead atoms. The first-order chi connectivity index (χ1) is 10.5. The Labute approximate surface area is 118 Å². The van der Waals surface area contributed by atoms with Gasteiger partial charge in [-0.3, -0.25) is 4.79 Å². The van der Waals surface area contributed by atoms with Gasteiger partial charge in [0.05, 0.1) is 0 Å². The molecule has 2 heteroatoms. The second-order valence-electron chi connectivity index (χ2n) is 4.46. The van der Waals surface area contributed by atoms with Gasteiger partial charge in [-0.1, -0.05) is 55.4 Å². The van der Waals surface area contributed by atoms with E-state index < -0.39 is 12.8 Å². The Morgan fingerprint density at radius 3 is 2.37 bits per heavy atom. The molecule has 0 aliphatic heterocycles. The van der Waals surface area contributed by atoms with Crippen molar-refractivity contribution in [2.75, 3.05) is 6.54 Å². The van der Waals surface area contributed by atoms with Crippen molar-refractivity contribution in [1.82, 2.24) is 5.32 Å². The Kier molecular flexibility index (Phi) is 3.47. The average Bonchev–Trinajstić information content (AvgIpc) is 2.52. The number of amides is 1. The van der Waals surface area contributed by atoms with E-state index in [1.807, 2.05) is 36.4 Å². The molecule has 0 saturated heterocycles. The normalized spacial score (nSPS) is 14.8. The molecule has 0 aliphatic carbocycles. The van der Waals surface area contributed by atoms with E-state index in [4.69, 9.17) is 4.11 Å². The molecule has 0 spiro atoms. The van der Waals surface area contributed by atoms with E-state index in [0.29, 0.717) is 12.0 Å². The van der Waals surface area contributed by atoms with Crippen molar-refractivity contribution < 1.29 is 8.91 Å². The summed E-state index contributed by atoms with van der Waals surface area (Å²) in [5.74, 6) is -0.856. The Hall–Kier alpha value is -2.09. The standard InChI is InChI=1S/C17H19NO/c1-14(12-15-8-4-2-5-9-15)13-18-17(19)16-10-6-3-7-11-16/h2-11,14H,12-13H2,1H3,(H,18,19)/i1D3. The fourth-order valence-corrected chi connectivity index (χ4v) is 1.88. The molecule has 2 aromatic rings. The van der Waals surface area contributed by atoms with E-state index >= 15 is 0 Å². The molecule has 1 N–H and O–H groups in total. The van der Waals surface area contributed by atoms with Crippen molar-refractivity contribution in [3.63, 3.8) is 0 Å². The zero-order valence-electron chi connectivity index (χ0n) is 13.7. The second-order valence-corrected chi connectivity index (χ2v) is 4.46. The third kappa shape index (κ3) is 4.25. The maximum absolute atomic E-state index is 12.0. The van der Waals surface area contributed by atoms with Crippen LogP contribution in [0, 0.1) is 5.92 Å². The number of carbonyl (C=O) groups excluding carboxylic acids is 1. The van der Waals surface area contributed by atoms with Crippen LogP contribution in [0.15, 0.2) is 60.7 Å². The molecule has 2 nitrogen and oxygen atoms in total. The van der Waals surface area contributed by atoms with Gasteiger partial charge in [-0.05, 0) is 30.0 Å². The first-order valence-electron chi connectivity index (χ1n) is 7.84. The summed E-state index contributed by atoms with van der Waals surface area (Å²) in [7, 11) is 0. The Morgan fingerprint density at radius 1 is 1.11 bits per heavy atom. The van der Waals surface area contributed by atoms with E-state index in [1.165, 1.54) is 0 Å². The van der Waals surface area contributed by atoms with Crippen LogP contribution in [0.5, 0.6) is 0 Å². The molecular formula is C17H19NO. The van der Waals surface area contributed by atoms with E-state index in [2.05, 4.69) is 5.32 Å². The van der Waals surface area contributed by atoms with Gasteiger partial charge in [0.25, 0.3) is 5.91 Å². The van der Waals surface area contributed by atoms with Gasteiger partial charge in [-0.15, -0.1) is 0 Å². The highest BCUT2D eigenvalue weighted by Gasteiger charge is 2.07. The van der Waals surface area contributed by atoms with Crippen LogP contribution in [0.1, 0.15) is 26.9 Å². The van der Waals surface area contributed by atoms with Gasteiger partial charge in [0.2, 0.25) is 0 Å². The Morgan fingerprint density at radius 2 is 1.74 bits per heavy atom. The lowest BCUT2D eigenvalue weighted by Crippen LogP contribution is -2.29. The summed E-state index contributed by atoms with van der Waals surface area (Å²) < 4.78 is 23.0. The highest BCUT2D eigenvalue weighted by Crippen LogP contribution is 2.07. The van der Waals surface area contributed by atoms with Crippen LogP contribution in [0.3, 0.4) is 0 Å². The second kappa shape index (κ2) is 6.74. The predicted molar refractivity (Wildman–Crippen MR) is 78.1 cm³/mol. The molecule has 1 amide bonds. The number of hydrogen-bond donors (Lipinski definition) is 1. The van der Waals surface area contributed by atoms with Gasteiger partial charge in [0, 0.05) is 16.2 Å². The quantitative estimate of drug-likeness (QED) is 0.873. The van der Waals surface area contributed by atoms with Gasteiger partial charge in [-0.2, -0.15) is 0 Å². The smallest absolute Gasteiger partial charge is 0.251 e. The Bertz CT molecular complexity index is 596. The largest absolute Gasteiger partial charge is 0.352 e. The van der Waals surface area contributed by atoms with Crippen molar-refractivity contribution in [3.05, 3.63) is 71.8 Å².